The van der Waals surface area contributed by atoms with E-state index in [-0.39, 0.29) is 24.0 Å². The van der Waals surface area contributed by atoms with Gasteiger partial charge in [0.05, 0.1) is 22.8 Å². The van der Waals surface area contributed by atoms with E-state index in [1.807, 2.05) is 41.0 Å². The Bertz CT molecular complexity index is 1330. The first kappa shape index (κ1) is 21.5. The molecule has 1 saturated heterocycles. The number of carbonyl (C=O) groups excluding carboxylic acids is 1. The fourth-order valence-electron chi connectivity index (χ4n) is 4.26. The summed E-state index contributed by atoms with van der Waals surface area (Å²) in [7, 11) is 0. The number of anilines is 1. The second-order valence-electron chi connectivity index (χ2n) is 8.08. The van der Waals surface area contributed by atoms with Gasteiger partial charge in [-0.2, -0.15) is 0 Å². The number of aromatic nitrogens is 1. The highest BCUT2D eigenvalue weighted by Gasteiger charge is 2.18. The van der Waals surface area contributed by atoms with Gasteiger partial charge < -0.3 is 19.4 Å². The van der Waals surface area contributed by atoms with E-state index in [1.165, 1.54) is 0 Å². The van der Waals surface area contributed by atoms with Crippen LogP contribution in [0.2, 0.25) is 5.02 Å². The molecule has 33 heavy (non-hydrogen) atoms. The maximum Gasteiger partial charge on any atom is 0.244 e. The van der Waals surface area contributed by atoms with E-state index < -0.39 is 0 Å². The van der Waals surface area contributed by atoms with E-state index in [0.717, 1.165) is 19.4 Å². The second-order valence-corrected chi connectivity index (χ2v) is 8.52. The third kappa shape index (κ3) is 4.45. The second kappa shape index (κ2) is 9.25. The Kier molecular flexibility index (Phi) is 6.03. The Hall–Kier alpha value is -3.35. The summed E-state index contributed by atoms with van der Waals surface area (Å²) in [5, 5.41) is 4.58. The molecule has 3 aromatic carbocycles. The van der Waals surface area contributed by atoms with Crippen molar-refractivity contribution >= 4 is 45.0 Å². The Balaban J connectivity index is 1.44. The van der Waals surface area contributed by atoms with Crippen molar-refractivity contribution in [3.8, 4) is 5.75 Å². The van der Waals surface area contributed by atoms with Crippen molar-refractivity contribution in [1.82, 2.24) is 4.57 Å². The maximum absolute atomic E-state index is 13.1. The molecule has 1 aliphatic rings. The van der Waals surface area contributed by atoms with Gasteiger partial charge in [0.1, 0.15) is 18.9 Å². The van der Waals surface area contributed by atoms with Gasteiger partial charge in [-0.05, 0) is 55.3 Å². The molecular formula is C26H23ClN2O4. The third-order valence-electron chi connectivity index (χ3n) is 5.85. The standard InChI is InChI=1S/C26H23ClN2O4/c27-17-11-12-24(33-16-18-6-5-13-32-18)21(14-17)28-25(30)15-29-22-9-3-1-7-19(22)26(31)20-8-2-4-10-23(20)29/h1-4,7-12,14,18H,5-6,13,15-16H2,(H,28,30). The lowest BCUT2D eigenvalue weighted by Gasteiger charge is -2.17. The summed E-state index contributed by atoms with van der Waals surface area (Å²) < 4.78 is 13.4. The summed E-state index contributed by atoms with van der Waals surface area (Å²) in [6.07, 6.45) is 2.05. The predicted molar refractivity (Wildman–Crippen MR) is 130 cm³/mol. The molecule has 1 amide bonds. The number of halogens is 1. The van der Waals surface area contributed by atoms with E-state index in [0.29, 0.717) is 44.9 Å². The Morgan fingerprint density at radius 1 is 1.06 bits per heavy atom. The third-order valence-corrected chi connectivity index (χ3v) is 6.08. The topological polar surface area (TPSA) is 69.6 Å². The molecule has 7 heteroatoms. The molecule has 1 N–H and O–H groups in total. The summed E-state index contributed by atoms with van der Waals surface area (Å²) in [5.74, 6) is 0.288. The number of para-hydroxylation sites is 2. The molecule has 4 aromatic rings. The average molecular weight is 463 g/mol. The number of benzene rings is 3. The van der Waals surface area contributed by atoms with Crippen molar-refractivity contribution in [2.75, 3.05) is 18.5 Å². The number of pyridine rings is 1. The van der Waals surface area contributed by atoms with Crippen LogP contribution in [0, 0.1) is 0 Å². The van der Waals surface area contributed by atoms with Gasteiger partial charge in [-0.3, -0.25) is 9.59 Å². The van der Waals surface area contributed by atoms with E-state index in [9.17, 15) is 9.59 Å². The highest BCUT2D eigenvalue weighted by atomic mass is 35.5. The first-order valence-electron chi connectivity index (χ1n) is 10.9. The zero-order valence-corrected chi connectivity index (χ0v) is 18.7. The van der Waals surface area contributed by atoms with Gasteiger partial charge in [-0.25, -0.2) is 0 Å². The van der Waals surface area contributed by atoms with Gasteiger partial charge in [0.2, 0.25) is 5.91 Å². The van der Waals surface area contributed by atoms with Crippen molar-refractivity contribution in [1.29, 1.82) is 0 Å². The highest BCUT2D eigenvalue weighted by Crippen LogP contribution is 2.29. The molecule has 1 aromatic heterocycles. The molecule has 1 unspecified atom stereocenters. The summed E-state index contributed by atoms with van der Waals surface area (Å²) in [5.41, 5.74) is 1.87. The van der Waals surface area contributed by atoms with Crippen LogP contribution in [-0.2, 0) is 16.1 Å². The summed E-state index contributed by atoms with van der Waals surface area (Å²) in [6.45, 7) is 1.19. The summed E-state index contributed by atoms with van der Waals surface area (Å²) in [4.78, 5) is 26.1. The molecule has 0 radical (unpaired) electrons. The van der Waals surface area contributed by atoms with Crippen LogP contribution in [0.4, 0.5) is 5.69 Å². The van der Waals surface area contributed by atoms with Gasteiger partial charge >= 0.3 is 0 Å². The van der Waals surface area contributed by atoms with Crippen molar-refractivity contribution in [3.63, 3.8) is 0 Å². The van der Waals surface area contributed by atoms with Gasteiger partial charge in [-0.15, -0.1) is 0 Å². The molecule has 0 aliphatic carbocycles. The first-order chi connectivity index (χ1) is 16.1. The van der Waals surface area contributed by atoms with Crippen molar-refractivity contribution in [2.45, 2.75) is 25.5 Å². The number of hydrogen-bond acceptors (Lipinski definition) is 4. The molecule has 6 nitrogen and oxygen atoms in total. The molecule has 2 heterocycles. The lowest BCUT2D eigenvalue weighted by Crippen LogP contribution is -2.22. The van der Waals surface area contributed by atoms with Crippen LogP contribution in [0.15, 0.2) is 71.5 Å². The molecule has 5 rings (SSSR count). The van der Waals surface area contributed by atoms with Gasteiger partial charge in [0.25, 0.3) is 0 Å². The van der Waals surface area contributed by atoms with Crippen LogP contribution in [-0.4, -0.2) is 29.8 Å². The fourth-order valence-corrected chi connectivity index (χ4v) is 4.44. The molecule has 1 fully saturated rings. The summed E-state index contributed by atoms with van der Waals surface area (Å²) in [6, 6.07) is 19.8. The zero-order chi connectivity index (χ0) is 22.8. The SMILES string of the molecule is O=C(Cn1c2ccccc2c(=O)c2ccccc21)Nc1cc(Cl)ccc1OCC1CCCO1. The molecule has 0 bridgehead atoms. The fraction of sp³-hybridized carbons (Fsp3) is 0.231. The van der Waals surface area contributed by atoms with E-state index >= 15 is 0 Å². The number of nitrogens with zero attached hydrogens (tertiary/aromatic N) is 1. The lowest BCUT2D eigenvalue weighted by atomic mass is 10.1. The van der Waals surface area contributed by atoms with Crippen LogP contribution in [0.5, 0.6) is 5.75 Å². The zero-order valence-electron chi connectivity index (χ0n) is 17.9. The molecule has 0 spiro atoms. The van der Waals surface area contributed by atoms with Gasteiger partial charge in [0, 0.05) is 22.4 Å². The maximum atomic E-state index is 13.1. The largest absolute Gasteiger partial charge is 0.489 e. The van der Waals surface area contributed by atoms with Crippen molar-refractivity contribution in [2.24, 2.45) is 0 Å². The number of nitrogens with one attached hydrogen (secondary N) is 1. The molecule has 1 aliphatic heterocycles. The normalized spacial score (nSPS) is 15.7. The Morgan fingerprint density at radius 3 is 2.42 bits per heavy atom. The molecule has 168 valence electrons. The van der Waals surface area contributed by atoms with E-state index in [1.54, 1.807) is 30.3 Å². The lowest BCUT2D eigenvalue weighted by molar-refractivity contribution is -0.116. The minimum Gasteiger partial charge on any atom is -0.489 e. The van der Waals surface area contributed by atoms with Crippen LogP contribution in [0.25, 0.3) is 21.8 Å². The molecule has 0 saturated carbocycles. The van der Waals surface area contributed by atoms with Gasteiger partial charge in [-0.1, -0.05) is 35.9 Å². The monoisotopic (exact) mass is 462 g/mol. The van der Waals surface area contributed by atoms with Crippen LogP contribution in [0.1, 0.15) is 12.8 Å². The highest BCUT2D eigenvalue weighted by molar-refractivity contribution is 6.31. The van der Waals surface area contributed by atoms with Crippen LogP contribution < -0.4 is 15.5 Å². The predicted octanol–water partition coefficient (Wildman–Crippen LogP) is 5.00. The van der Waals surface area contributed by atoms with Crippen molar-refractivity contribution < 1.29 is 14.3 Å². The van der Waals surface area contributed by atoms with E-state index in [4.69, 9.17) is 21.1 Å². The number of amides is 1. The Labute approximate surface area is 195 Å². The molecule has 1 atom stereocenters. The smallest absolute Gasteiger partial charge is 0.244 e. The minimum atomic E-state index is -0.252. The number of hydrogen-bond donors (Lipinski definition) is 1. The number of rotatable bonds is 6. The first-order valence-corrected chi connectivity index (χ1v) is 11.3. The van der Waals surface area contributed by atoms with E-state index in [2.05, 4.69) is 5.32 Å². The number of carbonyl (C=O) groups is 1. The van der Waals surface area contributed by atoms with Crippen molar-refractivity contribution in [3.05, 3.63) is 82.0 Å². The van der Waals surface area contributed by atoms with Crippen LogP contribution in [0.3, 0.4) is 0 Å². The quantitative estimate of drug-likeness (QED) is 0.409. The minimum absolute atomic E-state index is 0.0268. The average Bonchev–Trinajstić information content (AvgIpc) is 3.35. The number of ether oxygens (including phenoxy) is 2. The Morgan fingerprint density at radius 2 is 1.76 bits per heavy atom. The summed E-state index contributed by atoms with van der Waals surface area (Å²) >= 11 is 6.19. The molecular weight excluding hydrogens is 440 g/mol. The number of fused-ring (bicyclic) bond motifs is 2. The van der Waals surface area contributed by atoms with Gasteiger partial charge in [0.15, 0.2) is 5.43 Å². The van der Waals surface area contributed by atoms with Crippen LogP contribution >= 0.6 is 11.6 Å².